The number of ether oxygens (including phenoxy) is 2. The summed E-state index contributed by atoms with van der Waals surface area (Å²) >= 11 is 4.15. The van der Waals surface area contributed by atoms with E-state index in [1.54, 1.807) is 7.11 Å². The zero-order valence-corrected chi connectivity index (χ0v) is 12.4. The maximum Gasteiger partial charge on any atom is 0.122 e. The third-order valence-corrected chi connectivity index (χ3v) is 2.98. The molecule has 0 heterocycles. The molecule has 0 aliphatic heterocycles. The van der Waals surface area contributed by atoms with Crippen LogP contribution in [0, 0.1) is 0 Å². The first-order chi connectivity index (χ1) is 8.26. The number of hydrogen-bond acceptors (Lipinski definition) is 4. The zero-order valence-electron chi connectivity index (χ0n) is 10.7. The van der Waals surface area contributed by atoms with Crippen molar-refractivity contribution < 1.29 is 9.47 Å². The van der Waals surface area contributed by atoms with Gasteiger partial charge in [0, 0.05) is 17.9 Å². The minimum Gasteiger partial charge on any atom is -0.497 e. The van der Waals surface area contributed by atoms with Gasteiger partial charge < -0.3 is 15.2 Å². The Morgan fingerprint density at radius 2 is 2.00 bits per heavy atom. The largest absolute Gasteiger partial charge is 0.497 e. The monoisotopic (exact) mass is 291 g/mol. The van der Waals surface area contributed by atoms with Gasteiger partial charge in [0.1, 0.15) is 11.5 Å². The van der Waals surface area contributed by atoms with Crippen molar-refractivity contribution in [1.29, 1.82) is 0 Å². The van der Waals surface area contributed by atoms with Gasteiger partial charge in [0.25, 0.3) is 0 Å². The summed E-state index contributed by atoms with van der Waals surface area (Å²) in [7, 11) is 1.65. The second-order valence-electron chi connectivity index (χ2n) is 3.97. The van der Waals surface area contributed by atoms with Crippen LogP contribution in [0.3, 0.4) is 0 Å². The molecule has 2 N–H and O–H groups in total. The van der Waals surface area contributed by atoms with Crippen LogP contribution in [0.5, 0.6) is 11.5 Å². The van der Waals surface area contributed by atoms with Crippen LogP contribution in [0.1, 0.15) is 19.3 Å². The molecule has 1 aromatic carbocycles. The minimum atomic E-state index is 0. The second-order valence-corrected chi connectivity index (χ2v) is 4.33. The van der Waals surface area contributed by atoms with E-state index in [9.17, 15) is 0 Å². The van der Waals surface area contributed by atoms with E-state index in [1.165, 1.54) is 0 Å². The molecule has 0 fully saturated rings. The predicted octanol–water partition coefficient (Wildman–Crippen LogP) is 2.92. The summed E-state index contributed by atoms with van der Waals surface area (Å²) in [6.45, 7) is 0.715. The molecule has 0 amide bonds. The van der Waals surface area contributed by atoms with Crippen molar-refractivity contribution in [1.82, 2.24) is 0 Å². The number of thiol groups is 1. The number of hydrogen-bond donors (Lipinski definition) is 2. The van der Waals surface area contributed by atoms with Crippen LogP contribution in [0.25, 0.3) is 0 Å². The Bertz CT molecular complexity index is 326. The first kappa shape index (κ1) is 17.4. The molecule has 1 aromatic rings. The van der Waals surface area contributed by atoms with Crippen LogP contribution in [-0.2, 0) is 0 Å². The molecule has 104 valence electrons. The predicted molar refractivity (Wildman–Crippen MR) is 81.4 cm³/mol. The summed E-state index contributed by atoms with van der Waals surface area (Å²) in [6, 6.07) is 7.85. The van der Waals surface area contributed by atoms with Gasteiger partial charge in [-0.3, -0.25) is 0 Å². The number of nitrogens with two attached hydrogens (primary N) is 1. The van der Waals surface area contributed by atoms with E-state index in [0.717, 1.165) is 36.5 Å². The summed E-state index contributed by atoms with van der Waals surface area (Å²) in [5, 5.41) is 0. The van der Waals surface area contributed by atoms with E-state index in [-0.39, 0.29) is 18.4 Å². The summed E-state index contributed by atoms with van der Waals surface area (Å²) in [6.07, 6.45) is 3.09. The highest BCUT2D eigenvalue weighted by Crippen LogP contribution is 2.19. The molecule has 0 bridgehead atoms. The van der Waals surface area contributed by atoms with Gasteiger partial charge in [0.15, 0.2) is 0 Å². The Balaban J connectivity index is 0.00000289. The van der Waals surface area contributed by atoms with E-state index in [2.05, 4.69) is 12.6 Å². The van der Waals surface area contributed by atoms with Gasteiger partial charge in [-0.1, -0.05) is 6.07 Å². The Kier molecular flexibility index (Phi) is 10.0. The van der Waals surface area contributed by atoms with Crippen molar-refractivity contribution in [3.8, 4) is 11.5 Å². The number of methoxy groups -OCH3 is 1. The standard InChI is InChI=1S/C13H21NO2S.ClH/c1-15-12-6-4-7-13(9-12)16-8-3-2-5-11(14)10-17;/h4,6-7,9,11,17H,2-3,5,8,10,14H2,1H3;1H. The normalized spacial score (nSPS) is 11.5. The third-order valence-electron chi connectivity index (χ3n) is 2.51. The van der Waals surface area contributed by atoms with Gasteiger partial charge in [-0.25, -0.2) is 0 Å². The molecule has 5 heteroatoms. The summed E-state index contributed by atoms with van der Waals surface area (Å²) in [4.78, 5) is 0. The van der Waals surface area contributed by atoms with Crippen LogP contribution < -0.4 is 15.2 Å². The van der Waals surface area contributed by atoms with Crippen LogP contribution in [0.15, 0.2) is 24.3 Å². The molecule has 18 heavy (non-hydrogen) atoms. The first-order valence-electron chi connectivity index (χ1n) is 5.89. The molecule has 0 aliphatic carbocycles. The molecule has 0 aliphatic rings. The van der Waals surface area contributed by atoms with Crippen molar-refractivity contribution >= 4 is 25.0 Å². The highest BCUT2D eigenvalue weighted by atomic mass is 35.5. The maximum absolute atomic E-state index is 5.77. The summed E-state index contributed by atoms with van der Waals surface area (Å²) in [5.74, 6) is 2.42. The zero-order chi connectivity index (χ0) is 12.5. The lowest BCUT2D eigenvalue weighted by Gasteiger charge is -2.09. The maximum atomic E-state index is 5.77. The Hall–Kier alpha value is -0.580. The van der Waals surface area contributed by atoms with Gasteiger partial charge in [-0.05, 0) is 31.4 Å². The van der Waals surface area contributed by atoms with Gasteiger partial charge in [-0.15, -0.1) is 12.4 Å². The van der Waals surface area contributed by atoms with E-state index < -0.39 is 0 Å². The van der Waals surface area contributed by atoms with Crippen molar-refractivity contribution in [3.05, 3.63) is 24.3 Å². The average molecular weight is 292 g/mol. The molecule has 0 spiro atoms. The quantitative estimate of drug-likeness (QED) is 0.572. The molecule has 1 rings (SSSR count). The van der Waals surface area contributed by atoms with Gasteiger partial charge in [0.05, 0.1) is 13.7 Å². The minimum absolute atomic E-state index is 0. The highest BCUT2D eigenvalue weighted by molar-refractivity contribution is 7.80. The number of unbranched alkanes of at least 4 members (excludes halogenated alkanes) is 1. The van der Waals surface area contributed by atoms with Gasteiger partial charge in [0.2, 0.25) is 0 Å². The first-order valence-corrected chi connectivity index (χ1v) is 6.53. The molecule has 0 saturated heterocycles. The van der Waals surface area contributed by atoms with Crippen LogP contribution in [0.4, 0.5) is 0 Å². The average Bonchev–Trinajstić information content (AvgIpc) is 2.38. The third kappa shape index (κ3) is 6.99. The van der Waals surface area contributed by atoms with Crippen LogP contribution in [0.2, 0.25) is 0 Å². The molecular formula is C13H22ClNO2S. The second kappa shape index (κ2) is 10.4. The fourth-order valence-electron chi connectivity index (χ4n) is 1.48. The number of benzene rings is 1. The van der Waals surface area contributed by atoms with E-state index in [1.807, 2.05) is 24.3 Å². The fourth-order valence-corrected chi connectivity index (χ4v) is 1.66. The van der Waals surface area contributed by atoms with Crippen molar-refractivity contribution in [2.75, 3.05) is 19.5 Å². The fraction of sp³-hybridized carbons (Fsp3) is 0.538. The molecule has 1 atom stereocenters. The molecule has 0 aromatic heterocycles. The number of rotatable bonds is 8. The molecule has 0 saturated carbocycles. The summed E-state index contributed by atoms with van der Waals surface area (Å²) in [5.41, 5.74) is 5.77. The van der Waals surface area contributed by atoms with E-state index in [4.69, 9.17) is 15.2 Å². The Morgan fingerprint density at radius 1 is 1.28 bits per heavy atom. The van der Waals surface area contributed by atoms with Crippen molar-refractivity contribution in [3.63, 3.8) is 0 Å². The molecule has 3 nitrogen and oxygen atoms in total. The smallest absolute Gasteiger partial charge is 0.122 e. The Labute approximate surface area is 121 Å². The van der Waals surface area contributed by atoms with Gasteiger partial charge >= 0.3 is 0 Å². The molecule has 0 radical (unpaired) electrons. The van der Waals surface area contributed by atoms with Crippen LogP contribution >= 0.6 is 25.0 Å². The SMILES string of the molecule is COc1cccc(OCCCCC(N)CS)c1.Cl. The van der Waals surface area contributed by atoms with Crippen molar-refractivity contribution in [2.24, 2.45) is 5.73 Å². The van der Waals surface area contributed by atoms with E-state index >= 15 is 0 Å². The Morgan fingerprint density at radius 3 is 2.67 bits per heavy atom. The van der Waals surface area contributed by atoms with Crippen LogP contribution in [-0.4, -0.2) is 25.5 Å². The lowest BCUT2D eigenvalue weighted by molar-refractivity contribution is 0.301. The molecular weight excluding hydrogens is 270 g/mol. The van der Waals surface area contributed by atoms with Gasteiger partial charge in [-0.2, -0.15) is 12.6 Å². The molecule has 1 unspecified atom stereocenters. The topological polar surface area (TPSA) is 44.5 Å². The lowest BCUT2D eigenvalue weighted by Crippen LogP contribution is -2.21. The number of halogens is 1. The van der Waals surface area contributed by atoms with E-state index in [0.29, 0.717) is 6.61 Å². The summed E-state index contributed by atoms with van der Waals surface area (Å²) < 4.78 is 10.7. The highest BCUT2D eigenvalue weighted by Gasteiger charge is 2.00. The van der Waals surface area contributed by atoms with Crippen molar-refractivity contribution in [2.45, 2.75) is 25.3 Å². The lowest BCUT2D eigenvalue weighted by atomic mass is 10.1.